The van der Waals surface area contributed by atoms with Crippen LogP contribution in [0.1, 0.15) is 18.4 Å². The molecule has 0 bridgehead atoms. The zero-order valence-electron chi connectivity index (χ0n) is 13.8. The van der Waals surface area contributed by atoms with Crippen LogP contribution in [0.4, 0.5) is 8.78 Å². The predicted molar refractivity (Wildman–Crippen MR) is 96.3 cm³/mol. The maximum Gasteiger partial charge on any atom is 0.165 e. The summed E-state index contributed by atoms with van der Waals surface area (Å²) in [5.74, 6) is -0.875. The van der Waals surface area contributed by atoms with Crippen LogP contribution >= 0.6 is 23.4 Å². The van der Waals surface area contributed by atoms with E-state index in [-0.39, 0.29) is 12.2 Å². The van der Waals surface area contributed by atoms with E-state index in [0.717, 1.165) is 10.5 Å². The molecule has 2 nitrogen and oxygen atoms in total. The minimum Gasteiger partial charge on any atom is -0.306 e. The molecule has 1 fully saturated rings. The Bertz CT molecular complexity index is 812. The molecule has 2 aliphatic heterocycles. The van der Waals surface area contributed by atoms with E-state index in [1.165, 1.54) is 17.8 Å². The van der Waals surface area contributed by atoms with E-state index in [1.807, 2.05) is 13.1 Å². The molecule has 1 saturated heterocycles. The largest absolute Gasteiger partial charge is 0.306 e. The fourth-order valence-corrected chi connectivity index (χ4v) is 5.51. The first-order valence-corrected chi connectivity index (χ1v) is 9.54. The summed E-state index contributed by atoms with van der Waals surface area (Å²) in [7, 11) is 1.96. The number of carbonyl (C=O) groups excluding carboxylic acids is 1. The number of halogens is 3. The van der Waals surface area contributed by atoms with Gasteiger partial charge in [-0.05, 0) is 62.8 Å². The highest BCUT2D eigenvalue weighted by molar-refractivity contribution is 8.03. The third-order valence-corrected chi connectivity index (χ3v) is 6.89. The van der Waals surface area contributed by atoms with Gasteiger partial charge in [-0.3, -0.25) is 4.79 Å². The maximum absolute atomic E-state index is 15.0. The van der Waals surface area contributed by atoms with Gasteiger partial charge in [-0.2, -0.15) is 0 Å². The third kappa shape index (κ3) is 2.77. The highest BCUT2D eigenvalue weighted by atomic mass is 35.5. The number of allylic oxidation sites excluding steroid dienone is 3. The molecule has 0 N–H and O–H groups in total. The molecule has 6 heteroatoms. The van der Waals surface area contributed by atoms with Crippen molar-refractivity contribution in [1.29, 1.82) is 0 Å². The summed E-state index contributed by atoms with van der Waals surface area (Å²) in [6.07, 6.45) is 0.564. The number of fused-ring (bicyclic) bond motifs is 2. The Morgan fingerprint density at radius 1 is 1.32 bits per heavy atom. The first-order chi connectivity index (χ1) is 11.9. The van der Waals surface area contributed by atoms with Crippen molar-refractivity contribution >= 4 is 29.1 Å². The molecule has 4 rings (SSSR count). The summed E-state index contributed by atoms with van der Waals surface area (Å²) in [5.41, 5.74) is 0.257. The monoisotopic (exact) mass is 381 g/mol. The molecule has 0 aromatic heterocycles. The first-order valence-electron chi connectivity index (χ1n) is 8.35. The van der Waals surface area contributed by atoms with Gasteiger partial charge in [0, 0.05) is 32.2 Å². The van der Waals surface area contributed by atoms with Crippen LogP contribution in [0, 0.1) is 5.41 Å². The molecule has 1 unspecified atom stereocenters. The molecule has 0 saturated carbocycles. The fourth-order valence-electron chi connectivity index (χ4n) is 4.09. The predicted octanol–water partition coefficient (Wildman–Crippen LogP) is 4.73. The Hall–Kier alpha value is -1.17. The van der Waals surface area contributed by atoms with E-state index >= 15 is 4.39 Å². The van der Waals surface area contributed by atoms with Crippen molar-refractivity contribution in [3.05, 3.63) is 51.2 Å². The van der Waals surface area contributed by atoms with Crippen LogP contribution in [-0.4, -0.2) is 37.0 Å². The van der Waals surface area contributed by atoms with E-state index in [1.54, 1.807) is 12.1 Å². The van der Waals surface area contributed by atoms with Gasteiger partial charge >= 0.3 is 0 Å². The topological polar surface area (TPSA) is 20.3 Å². The standard InChI is InChI=1S/C19H18ClF2NOS/c1-23-6-4-19(5-7-23)17-14(24)9-11-8-12(20)2-3-15(11)25-16(17)10-13(21)18(19)22/h2-3,8,10,18H,4-7,9H2,1H3. The highest BCUT2D eigenvalue weighted by Crippen LogP contribution is 2.54. The molecular formula is C19H18ClF2NOS. The number of carbonyl (C=O) groups is 1. The number of piperidine rings is 1. The van der Waals surface area contributed by atoms with E-state index in [4.69, 9.17) is 11.6 Å². The normalized spacial score (nSPS) is 26.2. The number of hydrogen-bond acceptors (Lipinski definition) is 3. The number of benzene rings is 1. The summed E-state index contributed by atoms with van der Waals surface area (Å²) in [5, 5.41) is 0.561. The Morgan fingerprint density at radius 3 is 2.76 bits per heavy atom. The number of Topliss-reactive ketones (excluding diaryl/α,β-unsaturated/α-hetero) is 1. The zero-order chi connectivity index (χ0) is 17.8. The van der Waals surface area contributed by atoms with Crippen molar-refractivity contribution in [2.45, 2.75) is 30.3 Å². The van der Waals surface area contributed by atoms with Crippen LogP contribution in [0.15, 0.2) is 45.5 Å². The first kappa shape index (κ1) is 17.3. The van der Waals surface area contributed by atoms with E-state index < -0.39 is 17.4 Å². The van der Waals surface area contributed by atoms with Gasteiger partial charge in [-0.25, -0.2) is 8.78 Å². The van der Waals surface area contributed by atoms with Crippen molar-refractivity contribution in [3.63, 3.8) is 0 Å². The molecule has 132 valence electrons. The van der Waals surface area contributed by atoms with Crippen molar-refractivity contribution in [2.75, 3.05) is 20.1 Å². The van der Waals surface area contributed by atoms with Gasteiger partial charge in [0.15, 0.2) is 12.0 Å². The molecule has 0 radical (unpaired) electrons. The van der Waals surface area contributed by atoms with E-state index in [2.05, 4.69) is 4.90 Å². The van der Waals surface area contributed by atoms with Crippen LogP contribution in [0.3, 0.4) is 0 Å². The molecule has 1 atom stereocenters. The second kappa shape index (κ2) is 6.22. The molecule has 2 heterocycles. The van der Waals surface area contributed by atoms with Crippen LogP contribution in [0.25, 0.3) is 0 Å². The minimum atomic E-state index is -1.74. The van der Waals surface area contributed by atoms with E-state index in [9.17, 15) is 9.18 Å². The molecule has 25 heavy (non-hydrogen) atoms. The number of alkyl halides is 1. The van der Waals surface area contributed by atoms with E-state index in [0.29, 0.717) is 41.4 Å². The molecule has 3 aliphatic rings. The maximum atomic E-state index is 15.0. The van der Waals surface area contributed by atoms with Crippen molar-refractivity contribution in [3.8, 4) is 0 Å². The summed E-state index contributed by atoms with van der Waals surface area (Å²) in [6.45, 7) is 1.31. The second-order valence-corrected chi connectivity index (χ2v) is 8.56. The number of likely N-dealkylation sites (tertiary alicyclic amines) is 1. The Kier molecular flexibility index (Phi) is 4.29. The van der Waals surface area contributed by atoms with Gasteiger partial charge in [0.05, 0.1) is 0 Å². The van der Waals surface area contributed by atoms with Crippen molar-refractivity contribution in [1.82, 2.24) is 4.90 Å². The van der Waals surface area contributed by atoms with Crippen LogP contribution in [-0.2, 0) is 11.2 Å². The third-order valence-electron chi connectivity index (χ3n) is 5.49. The molecule has 1 aliphatic carbocycles. The molecule has 0 amide bonds. The SMILES string of the molecule is CN1CCC2(CC1)C1=C(C=C(F)C2F)Sc2ccc(Cl)cc2CC1=O. The van der Waals surface area contributed by atoms with Gasteiger partial charge in [-0.1, -0.05) is 23.4 Å². The highest BCUT2D eigenvalue weighted by Gasteiger charge is 2.52. The Morgan fingerprint density at radius 2 is 2.04 bits per heavy atom. The zero-order valence-corrected chi connectivity index (χ0v) is 15.4. The summed E-state index contributed by atoms with van der Waals surface area (Å²) in [4.78, 5) is 16.6. The molecule has 1 aromatic carbocycles. The summed E-state index contributed by atoms with van der Waals surface area (Å²) < 4.78 is 29.5. The van der Waals surface area contributed by atoms with Crippen molar-refractivity contribution < 1.29 is 13.6 Å². The number of rotatable bonds is 0. The number of nitrogens with zero attached hydrogens (tertiary/aromatic N) is 1. The summed E-state index contributed by atoms with van der Waals surface area (Å²) >= 11 is 7.42. The van der Waals surface area contributed by atoms with Gasteiger partial charge in [0.2, 0.25) is 0 Å². The smallest absolute Gasteiger partial charge is 0.165 e. The van der Waals surface area contributed by atoms with Crippen molar-refractivity contribution in [2.24, 2.45) is 5.41 Å². The number of ketones is 1. The average molecular weight is 382 g/mol. The van der Waals surface area contributed by atoms with Gasteiger partial charge in [-0.15, -0.1) is 0 Å². The molecule has 1 aromatic rings. The lowest BCUT2D eigenvalue weighted by atomic mass is 9.65. The molecule has 1 spiro atoms. The second-order valence-electron chi connectivity index (χ2n) is 7.04. The Labute approximate surface area is 154 Å². The number of thioether (sulfide) groups is 1. The van der Waals surface area contributed by atoms with Crippen LogP contribution in [0.2, 0.25) is 5.02 Å². The minimum absolute atomic E-state index is 0.112. The van der Waals surface area contributed by atoms with Crippen LogP contribution < -0.4 is 0 Å². The van der Waals surface area contributed by atoms with Crippen LogP contribution in [0.5, 0.6) is 0 Å². The average Bonchev–Trinajstić information content (AvgIpc) is 2.70. The molecular weight excluding hydrogens is 364 g/mol. The van der Waals surface area contributed by atoms with Gasteiger partial charge in [0.25, 0.3) is 0 Å². The lowest BCUT2D eigenvalue weighted by Crippen LogP contribution is -2.48. The fraction of sp³-hybridized carbons (Fsp3) is 0.421. The lowest BCUT2D eigenvalue weighted by molar-refractivity contribution is -0.117. The Balaban J connectivity index is 1.84. The lowest BCUT2D eigenvalue weighted by Gasteiger charge is -2.45. The summed E-state index contributed by atoms with van der Waals surface area (Å²) in [6, 6.07) is 5.38. The number of hydrogen-bond donors (Lipinski definition) is 0. The van der Waals surface area contributed by atoms with Gasteiger partial charge < -0.3 is 4.90 Å². The quantitative estimate of drug-likeness (QED) is 0.648. The van der Waals surface area contributed by atoms with Gasteiger partial charge in [0.1, 0.15) is 5.83 Å².